The fourth-order valence-electron chi connectivity index (χ4n) is 3.99. The standard InChI is InChI=1S/C28H24N2O2.C3H3NO2S.2C2H6/c1-20-8-12-23(13-9-20)31-19-28-29-26-17-16-25(18-27(26)30(28)2)32-24-14-10-22(11-15-24)21-6-4-3-5-7-21;5-2-1-7-3(6)4-2;2*1-2/h3-18H,19H2,1-2H3;1H2,(H,4,5,6);2*1-2H3. The van der Waals surface area contributed by atoms with E-state index in [9.17, 15) is 9.59 Å². The highest BCUT2D eigenvalue weighted by molar-refractivity contribution is 8.14. The molecular weight excluding hydrogens is 558 g/mol. The first-order valence-corrected chi connectivity index (χ1v) is 15.4. The molecule has 4 aromatic carbocycles. The molecule has 1 N–H and O–H groups in total. The molecule has 1 fully saturated rings. The second-order valence-electron chi connectivity index (χ2n) is 8.96. The number of nitrogens with one attached hydrogen (secondary N) is 1. The number of rotatable bonds is 6. The predicted molar refractivity (Wildman–Crippen MR) is 177 cm³/mol. The molecular formula is C35H39N3O4S. The van der Waals surface area contributed by atoms with E-state index in [1.165, 1.54) is 16.7 Å². The van der Waals surface area contributed by atoms with Crippen LogP contribution in [0, 0.1) is 6.92 Å². The molecule has 0 radical (unpaired) electrons. The van der Waals surface area contributed by atoms with Gasteiger partial charge in [0.05, 0.1) is 16.8 Å². The summed E-state index contributed by atoms with van der Waals surface area (Å²) in [6.07, 6.45) is 0. The summed E-state index contributed by atoms with van der Waals surface area (Å²) < 4.78 is 14.1. The first-order chi connectivity index (χ1) is 20.9. The molecule has 0 aliphatic carbocycles. The van der Waals surface area contributed by atoms with Crippen molar-refractivity contribution in [2.24, 2.45) is 7.05 Å². The van der Waals surface area contributed by atoms with Crippen molar-refractivity contribution in [3.8, 4) is 28.4 Å². The zero-order valence-electron chi connectivity index (χ0n) is 25.6. The molecule has 6 rings (SSSR count). The smallest absolute Gasteiger partial charge is 0.286 e. The first-order valence-electron chi connectivity index (χ1n) is 14.4. The highest BCUT2D eigenvalue weighted by Crippen LogP contribution is 2.28. The van der Waals surface area contributed by atoms with Gasteiger partial charge in [-0.1, -0.05) is 99.6 Å². The summed E-state index contributed by atoms with van der Waals surface area (Å²) in [6.45, 7) is 10.5. The van der Waals surface area contributed by atoms with Crippen LogP contribution in [0.25, 0.3) is 22.2 Å². The zero-order chi connectivity index (χ0) is 31.2. The number of carbonyl (C=O) groups excluding carboxylic acids is 2. The molecule has 0 atom stereocenters. The van der Waals surface area contributed by atoms with Crippen LogP contribution in [0.1, 0.15) is 39.1 Å². The van der Waals surface area contributed by atoms with Gasteiger partial charge in [0.15, 0.2) is 0 Å². The Hall–Kier alpha value is -4.56. The summed E-state index contributed by atoms with van der Waals surface area (Å²) in [5, 5.41) is 1.87. The zero-order valence-corrected chi connectivity index (χ0v) is 26.4. The van der Waals surface area contributed by atoms with Gasteiger partial charge in [0.1, 0.15) is 29.7 Å². The Bertz CT molecular complexity index is 1580. The van der Waals surface area contributed by atoms with Crippen molar-refractivity contribution in [3.63, 3.8) is 0 Å². The van der Waals surface area contributed by atoms with Crippen LogP contribution in [0.2, 0.25) is 0 Å². The van der Waals surface area contributed by atoms with Gasteiger partial charge in [-0.25, -0.2) is 4.98 Å². The van der Waals surface area contributed by atoms with Gasteiger partial charge in [-0.05, 0) is 54.4 Å². The van der Waals surface area contributed by atoms with Crippen LogP contribution in [0.15, 0.2) is 97.1 Å². The van der Waals surface area contributed by atoms with Crippen molar-refractivity contribution in [2.75, 3.05) is 5.75 Å². The van der Waals surface area contributed by atoms with Crippen LogP contribution >= 0.6 is 11.8 Å². The molecule has 0 saturated carbocycles. The largest absolute Gasteiger partial charge is 0.486 e. The molecule has 5 aromatic rings. The molecule has 1 saturated heterocycles. The summed E-state index contributed by atoms with van der Waals surface area (Å²) in [5.74, 6) is 3.39. The van der Waals surface area contributed by atoms with Crippen LogP contribution in [-0.4, -0.2) is 26.5 Å². The number of imidazole rings is 1. The van der Waals surface area contributed by atoms with E-state index in [1.807, 2.05) is 108 Å². The monoisotopic (exact) mass is 597 g/mol. The Balaban J connectivity index is 0.000000396. The van der Waals surface area contributed by atoms with Gasteiger partial charge in [0, 0.05) is 13.1 Å². The maximum atomic E-state index is 10.1. The summed E-state index contributed by atoms with van der Waals surface area (Å²) >= 11 is 1.01. The van der Waals surface area contributed by atoms with Crippen LogP contribution in [-0.2, 0) is 18.4 Å². The van der Waals surface area contributed by atoms with Crippen molar-refractivity contribution in [1.29, 1.82) is 0 Å². The molecule has 1 aromatic heterocycles. The van der Waals surface area contributed by atoms with E-state index >= 15 is 0 Å². The van der Waals surface area contributed by atoms with Crippen molar-refractivity contribution in [3.05, 3.63) is 108 Å². The SMILES string of the molecule is CC.CC.Cc1ccc(OCc2nc3ccc(Oc4ccc(-c5ccccc5)cc4)cc3n2C)cc1.O=C1CSC(=O)N1. The minimum Gasteiger partial charge on any atom is -0.486 e. The Kier molecular flexibility index (Phi) is 12.9. The lowest BCUT2D eigenvalue weighted by molar-refractivity contribution is -0.117. The van der Waals surface area contributed by atoms with Crippen molar-refractivity contribution in [1.82, 2.24) is 14.9 Å². The molecule has 43 heavy (non-hydrogen) atoms. The van der Waals surface area contributed by atoms with E-state index < -0.39 is 0 Å². The number of aromatic nitrogens is 2. The van der Waals surface area contributed by atoms with E-state index in [4.69, 9.17) is 14.5 Å². The van der Waals surface area contributed by atoms with Gasteiger partial charge in [-0.15, -0.1) is 0 Å². The molecule has 0 spiro atoms. The molecule has 224 valence electrons. The summed E-state index contributed by atoms with van der Waals surface area (Å²) in [6, 6.07) is 32.5. The number of imide groups is 1. The number of nitrogens with zero attached hydrogens (tertiary/aromatic N) is 2. The lowest BCUT2D eigenvalue weighted by Gasteiger charge is -2.08. The minimum atomic E-state index is -0.231. The van der Waals surface area contributed by atoms with Crippen molar-refractivity contribution >= 4 is 33.9 Å². The number of aryl methyl sites for hydroxylation is 2. The number of benzene rings is 4. The molecule has 2 amide bonds. The summed E-state index contributed by atoms with van der Waals surface area (Å²) in [5.41, 5.74) is 5.49. The Morgan fingerprint density at radius 2 is 1.40 bits per heavy atom. The number of hydrogen-bond donors (Lipinski definition) is 1. The minimum absolute atomic E-state index is 0.185. The van der Waals surface area contributed by atoms with Gasteiger partial charge in [-0.2, -0.15) is 0 Å². The second kappa shape index (κ2) is 16.8. The van der Waals surface area contributed by atoms with E-state index in [1.54, 1.807) is 0 Å². The second-order valence-corrected chi connectivity index (χ2v) is 9.90. The topological polar surface area (TPSA) is 82.5 Å². The first kappa shape index (κ1) is 32.9. The van der Waals surface area contributed by atoms with E-state index in [0.717, 1.165) is 45.9 Å². The Labute approximate surface area is 258 Å². The number of carbonyl (C=O) groups is 2. The molecule has 0 unspecified atom stereocenters. The third-order valence-electron chi connectivity index (χ3n) is 6.11. The summed E-state index contributed by atoms with van der Waals surface area (Å²) in [7, 11) is 2.00. The number of hydrogen-bond acceptors (Lipinski definition) is 6. The molecule has 2 heterocycles. The highest BCUT2D eigenvalue weighted by Gasteiger charge is 2.16. The van der Waals surface area contributed by atoms with Crippen LogP contribution in [0.4, 0.5) is 4.79 Å². The van der Waals surface area contributed by atoms with Gasteiger partial charge < -0.3 is 14.0 Å². The van der Waals surface area contributed by atoms with Gasteiger partial charge >= 0.3 is 0 Å². The van der Waals surface area contributed by atoms with Gasteiger partial charge in [0.2, 0.25) is 5.91 Å². The Morgan fingerprint density at radius 3 is 1.98 bits per heavy atom. The fourth-order valence-corrected chi connectivity index (χ4v) is 4.51. The molecule has 8 heteroatoms. The average Bonchev–Trinajstić information content (AvgIpc) is 3.59. The molecule has 1 aliphatic heterocycles. The highest BCUT2D eigenvalue weighted by atomic mass is 32.2. The fraction of sp³-hybridized carbons (Fsp3) is 0.229. The number of ether oxygens (including phenoxy) is 2. The van der Waals surface area contributed by atoms with E-state index in [2.05, 4.69) is 41.1 Å². The average molecular weight is 598 g/mol. The van der Waals surface area contributed by atoms with E-state index in [-0.39, 0.29) is 11.1 Å². The summed E-state index contributed by atoms with van der Waals surface area (Å²) in [4.78, 5) is 24.9. The predicted octanol–water partition coefficient (Wildman–Crippen LogP) is 8.94. The van der Waals surface area contributed by atoms with Crippen molar-refractivity contribution < 1.29 is 19.1 Å². The lowest BCUT2D eigenvalue weighted by atomic mass is 10.1. The molecule has 7 nitrogen and oxygen atoms in total. The van der Waals surface area contributed by atoms with E-state index in [0.29, 0.717) is 12.4 Å². The Morgan fingerprint density at radius 1 is 0.791 bits per heavy atom. The molecule has 1 aliphatic rings. The quantitative estimate of drug-likeness (QED) is 0.210. The van der Waals surface area contributed by atoms with Crippen molar-refractivity contribution in [2.45, 2.75) is 41.2 Å². The number of amides is 2. The van der Waals surface area contributed by atoms with Crippen LogP contribution in [0.3, 0.4) is 0 Å². The maximum Gasteiger partial charge on any atom is 0.286 e. The lowest BCUT2D eigenvalue weighted by Crippen LogP contribution is -2.18. The molecule has 0 bridgehead atoms. The third-order valence-corrected chi connectivity index (χ3v) is 6.88. The van der Waals surface area contributed by atoms with Gasteiger partial charge in [0.25, 0.3) is 5.24 Å². The maximum absolute atomic E-state index is 10.1. The van der Waals surface area contributed by atoms with Crippen LogP contribution < -0.4 is 14.8 Å². The number of fused-ring (bicyclic) bond motifs is 1. The van der Waals surface area contributed by atoms with Gasteiger partial charge in [-0.3, -0.25) is 14.9 Å². The van der Waals surface area contributed by atoms with Crippen LogP contribution in [0.5, 0.6) is 17.2 Å². The normalized spacial score (nSPS) is 11.7. The number of thioether (sulfide) groups is 1. The third kappa shape index (κ3) is 9.48.